The van der Waals surface area contributed by atoms with Crippen molar-refractivity contribution < 1.29 is 14.6 Å². The molecule has 0 unspecified atom stereocenters. The fraction of sp³-hybridized carbons (Fsp3) is 0.500. The number of carbonyl (C=O) groups excluding carboxylic acids is 1. The molecule has 0 spiro atoms. The maximum absolute atomic E-state index is 11.5. The van der Waals surface area contributed by atoms with Crippen molar-refractivity contribution >= 4 is 5.91 Å². The first-order valence-corrected chi connectivity index (χ1v) is 6.34. The second-order valence-corrected chi connectivity index (χ2v) is 4.12. The van der Waals surface area contributed by atoms with Gasteiger partial charge in [0.25, 0.3) is 0 Å². The highest BCUT2D eigenvalue weighted by Gasteiger charge is 2.08. The molecule has 4 heteroatoms. The van der Waals surface area contributed by atoms with Crippen molar-refractivity contribution in [2.45, 2.75) is 32.2 Å². The van der Waals surface area contributed by atoms with Gasteiger partial charge in [0.05, 0.1) is 19.3 Å². The first kappa shape index (κ1) is 14.5. The molecule has 0 saturated carbocycles. The van der Waals surface area contributed by atoms with E-state index in [1.807, 2.05) is 37.3 Å². The number of hydrogen-bond acceptors (Lipinski definition) is 3. The number of aliphatic hydroxyl groups excluding tert-OH is 1. The minimum absolute atomic E-state index is 0.0112. The summed E-state index contributed by atoms with van der Waals surface area (Å²) in [5.74, 6) is 0.785. The minimum Gasteiger partial charge on any atom is -0.494 e. The number of benzene rings is 1. The fourth-order valence-corrected chi connectivity index (χ4v) is 1.52. The first-order chi connectivity index (χ1) is 8.76. The molecule has 4 nitrogen and oxygen atoms in total. The normalized spacial score (nSPS) is 11.9. The van der Waals surface area contributed by atoms with Gasteiger partial charge in [0.1, 0.15) is 5.75 Å². The van der Waals surface area contributed by atoms with Crippen LogP contribution in [0, 0.1) is 0 Å². The smallest absolute Gasteiger partial charge is 0.220 e. The van der Waals surface area contributed by atoms with Crippen LogP contribution in [0.1, 0.15) is 26.2 Å². The zero-order valence-electron chi connectivity index (χ0n) is 10.8. The third-order valence-corrected chi connectivity index (χ3v) is 2.64. The summed E-state index contributed by atoms with van der Waals surface area (Å²) in [5, 5.41) is 11.7. The third-order valence-electron chi connectivity index (χ3n) is 2.64. The molecule has 0 saturated heterocycles. The average molecular weight is 251 g/mol. The standard InChI is InChI=1S/C14H21NO3/c1-2-12(11-16)15-14(17)9-6-10-18-13-7-4-3-5-8-13/h3-5,7-8,12,16H,2,6,9-11H2,1H3,(H,15,17)/t12-/m1/s1. The highest BCUT2D eigenvalue weighted by Crippen LogP contribution is 2.08. The lowest BCUT2D eigenvalue weighted by Crippen LogP contribution is -2.36. The first-order valence-electron chi connectivity index (χ1n) is 6.34. The van der Waals surface area contributed by atoms with Gasteiger partial charge < -0.3 is 15.2 Å². The van der Waals surface area contributed by atoms with E-state index in [0.717, 1.165) is 12.2 Å². The summed E-state index contributed by atoms with van der Waals surface area (Å²) in [6, 6.07) is 9.40. The Morgan fingerprint density at radius 3 is 2.72 bits per heavy atom. The molecule has 0 aliphatic rings. The Morgan fingerprint density at radius 2 is 2.11 bits per heavy atom. The molecule has 100 valence electrons. The number of ether oxygens (including phenoxy) is 1. The van der Waals surface area contributed by atoms with Gasteiger partial charge in [0, 0.05) is 6.42 Å². The molecule has 1 aromatic rings. The lowest BCUT2D eigenvalue weighted by atomic mass is 10.2. The molecule has 0 aliphatic heterocycles. The van der Waals surface area contributed by atoms with E-state index in [4.69, 9.17) is 9.84 Å². The van der Waals surface area contributed by atoms with Crippen LogP contribution >= 0.6 is 0 Å². The van der Waals surface area contributed by atoms with Crippen LogP contribution in [0.25, 0.3) is 0 Å². The van der Waals surface area contributed by atoms with Gasteiger partial charge in [0.2, 0.25) is 5.91 Å². The topological polar surface area (TPSA) is 58.6 Å². The van der Waals surface area contributed by atoms with Crippen LogP contribution in [0.3, 0.4) is 0 Å². The van der Waals surface area contributed by atoms with E-state index in [9.17, 15) is 4.79 Å². The zero-order chi connectivity index (χ0) is 13.2. The molecule has 1 atom stereocenters. The molecule has 1 amide bonds. The summed E-state index contributed by atoms with van der Waals surface area (Å²) >= 11 is 0. The molecular weight excluding hydrogens is 230 g/mol. The van der Waals surface area contributed by atoms with E-state index < -0.39 is 0 Å². The predicted octanol–water partition coefficient (Wildman–Crippen LogP) is 1.73. The van der Waals surface area contributed by atoms with Gasteiger partial charge in [-0.15, -0.1) is 0 Å². The Balaban J connectivity index is 2.12. The van der Waals surface area contributed by atoms with Crippen LogP contribution in [0.5, 0.6) is 5.75 Å². The van der Waals surface area contributed by atoms with E-state index >= 15 is 0 Å². The largest absolute Gasteiger partial charge is 0.494 e. The molecule has 0 heterocycles. The van der Waals surface area contributed by atoms with Crippen LogP contribution in [-0.2, 0) is 4.79 Å². The molecule has 18 heavy (non-hydrogen) atoms. The Hall–Kier alpha value is -1.55. The van der Waals surface area contributed by atoms with E-state index in [2.05, 4.69) is 5.32 Å². The van der Waals surface area contributed by atoms with Crippen molar-refractivity contribution in [1.82, 2.24) is 5.32 Å². The molecular formula is C14H21NO3. The summed E-state index contributed by atoms with van der Waals surface area (Å²) in [4.78, 5) is 11.5. The molecule has 1 aromatic carbocycles. The van der Waals surface area contributed by atoms with Crippen molar-refractivity contribution in [2.75, 3.05) is 13.2 Å². The summed E-state index contributed by atoms with van der Waals surface area (Å²) in [7, 11) is 0. The maximum Gasteiger partial charge on any atom is 0.220 e. The summed E-state index contributed by atoms with van der Waals surface area (Å²) in [5.41, 5.74) is 0. The van der Waals surface area contributed by atoms with Gasteiger partial charge in [-0.25, -0.2) is 0 Å². The number of nitrogens with one attached hydrogen (secondary N) is 1. The summed E-state index contributed by atoms with van der Waals surface area (Å²) < 4.78 is 5.48. The van der Waals surface area contributed by atoms with Crippen molar-refractivity contribution in [2.24, 2.45) is 0 Å². The highest BCUT2D eigenvalue weighted by molar-refractivity contribution is 5.76. The molecule has 0 aromatic heterocycles. The average Bonchev–Trinajstić information content (AvgIpc) is 2.42. The molecule has 0 bridgehead atoms. The van der Waals surface area contributed by atoms with E-state index in [0.29, 0.717) is 19.4 Å². The van der Waals surface area contributed by atoms with Crippen molar-refractivity contribution in [3.05, 3.63) is 30.3 Å². The number of aliphatic hydroxyl groups is 1. The lowest BCUT2D eigenvalue weighted by molar-refractivity contribution is -0.122. The van der Waals surface area contributed by atoms with Gasteiger partial charge in [-0.1, -0.05) is 25.1 Å². The van der Waals surface area contributed by atoms with Crippen LogP contribution in [-0.4, -0.2) is 30.3 Å². The molecule has 1 rings (SSSR count). The molecule has 2 N–H and O–H groups in total. The van der Waals surface area contributed by atoms with E-state index in [1.165, 1.54) is 0 Å². The van der Waals surface area contributed by atoms with Gasteiger partial charge in [-0.05, 0) is 25.0 Å². The van der Waals surface area contributed by atoms with Crippen LogP contribution in [0.15, 0.2) is 30.3 Å². The van der Waals surface area contributed by atoms with Gasteiger partial charge in [-0.2, -0.15) is 0 Å². The Morgan fingerprint density at radius 1 is 1.39 bits per heavy atom. The monoisotopic (exact) mass is 251 g/mol. The van der Waals surface area contributed by atoms with Crippen molar-refractivity contribution in [3.8, 4) is 5.75 Å². The Labute approximate surface area is 108 Å². The van der Waals surface area contributed by atoms with Gasteiger partial charge >= 0.3 is 0 Å². The van der Waals surface area contributed by atoms with Crippen LogP contribution in [0.4, 0.5) is 0 Å². The molecule has 0 radical (unpaired) electrons. The van der Waals surface area contributed by atoms with Crippen LogP contribution in [0.2, 0.25) is 0 Å². The minimum atomic E-state index is -0.132. The molecule has 0 fully saturated rings. The van der Waals surface area contributed by atoms with Crippen molar-refractivity contribution in [3.63, 3.8) is 0 Å². The lowest BCUT2D eigenvalue weighted by Gasteiger charge is -2.13. The Kier molecular flexibility index (Phi) is 6.87. The number of carbonyl (C=O) groups is 1. The number of amides is 1. The van der Waals surface area contributed by atoms with Gasteiger partial charge in [-0.3, -0.25) is 4.79 Å². The van der Waals surface area contributed by atoms with Gasteiger partial charge in [0.15, 0.2) is 0 Å². The summed E-state index contributed by atoms with van der Waals surface area (Å²) in [6.45, 7) is 2.44. The Bertz CT molecular complexity index is 336. The second-order valence-electron chi connectivity index (χ2n) is 4.12. The highest BCUT2D eigenvalue weighted by atomic mass is 16.5. The summed E-state index contributed by atoms with van der Waals surface area (Å²) in [6.07, 6.45) is 1.83. The number of rotatable bonds is 8. The zero-order valence-corrected chi connectivity index (χ0v) is 10.8. The maximum atomic E-state index is 11.5. The number of para-hydroxylation sites is 1. The van der Waals surface area contributed by atoms with E-state index in [-0.39, 0.29) is 18.6 Å². The fourth-order valence-electron chi connectivity index (χ4n) is 1.52. The third kappa shape index (κ3) is 5.68. The van der Waals surface area contributed by atoms with Crippen LogP contribution < -0.4 is 10.1 Å². The quantitative estimate of drug-likeness (QED) is 0.692. The SMILES string of the molecule is CC[C@H](CO)NC(=O)CCCOc1ccccc1. The molecule has 0 aliphatic carbocycles. The van der Waals surface area contributed by atoms with E-state index in [1.54, 1.807) is 0 Å². The second kappa shape index (κ2) is 8.53. The predicted molar refractivity (Wildman–Crippen MR) is 70.5 cm³/mol. The van der Waals surface area contributed by atoms with Crippen molar-refractivity contribution in [1.29, 1.82) is 0 Å². The number of hydrogen-bond donors (Lipinski definition) is 2.